The molecule has 5 rings (SSSR count). The van der Waals surface area contributed by atoms with E-state index in [4.69, 9.17) is 35.8 Å². The monoisotopic (exact) mass is 511 g/mol. The molecule has 0 bridgehead atoms. The number of fused-ring (bicyclic) bond motifs is 1. The molecular formula is C26H30ClN5O4. The summed E-state index contributed by atoms with van der Waals surface area (Å²) in [4.78, 5) is 28.9. The van der Waals surface area contributed by atoms with E-state index in [-0.39, 0.29) is 5.91 Å². The third kappa shape index (κ3) is 5.18. The van der Waals surface area contributed by atoms with E-state index in [2.05, 4.69) is 9.80 Å². The number of rotatable bonds is 6. The van der Waals surface area contributed by atoms with Crippen molar-refractivity contribution in [1.82, 2.24) is 19.8 Å². The van der Waals surface area contributed by atoms with E-state index in [1.165, 1.54) is 0 Å². The molecule has 0 spiro atoms. The number of benzene rings is 2. The summed E-state index contributed by atoms with van der Waals surface area (Å²) in [6.45, 7) is 6.04. The fourth-order valence-electron chi connectivity index (χ4n) is 4.63. The number of anilines is 1. The van der Waals surface area contributed by atoms with Crippen LogP contribution in [-0.2, 0) is 9.53 Å². The number of carbonyl (C=O) groups is 1. The second-order valence-corrected chi connectivity index (χ2v) is 9.29. The number of halogens is 1. The molecular weight excluding hydrogens is 482 g/mol. The molecule has 2 fully saturated rings. The summed E-state index contributed by atoms with van der Waals surface area (Å²) in [6, 6.07) is 11.3. The maximum absolute atomic E-state index is 12.7. The lowest BCUT2D eigenvalue weighted by atomic mass is 10.1. The Morgan fingerprint density at radius 1 is 0.944 bits per heavy atom. The van der Waals surface area contributed by atoms with Crippen molar-refractivity contribution in [3.63, 3.8) is 0 Å². The molecule has 2 aliphatic heterocycles. The molecule has 0 aliphatic carbocycles. The van der Waals surface area contributed by atoms with Crippen LogP contribution in [0.5, 0.6) is 11.5 Å². The number of amides is 1. The van der Waals surface area contributed by atoms with Crippen LogP contribution in [0.4, 0.5) is 5.82 Å². The van der Waals surface area contributed by atoms with E-state index in [9.17, 15) is 4.79 Å². The molecule has 2 aliphatic rings. The van der Waals surface area contributed by atoms with Gasteiger partial charge in [-0.15, -0.1) is 0 Å². The summed E-state index contributed by atoms with van der Waals surface area (Å²) >= 11 is 6.10. The summed E-state index contributed by atoms with van der Waals surface area (Å²) in [5.41, 5.74) is 1.65. The van der Waals surface area contributed by atoms with Crippen molar-refractivity contribution < 1.29 is 19.0 Å². The number of methoxy groups -OCH3 is 2. The predicted octanol–water partition coefficient (Wildman–Crippen LogP) is 2.95. The van der Waals surface area contributed by atoms with Crippen molar-refractivity contribution in [2.45, 2.75) is 0 Å². The minimum absolute atomic E-state index is 0.168. The Labute approximate surface area is 215 Å². The normalized spacial score (nSPS) is 16.9. The second kappa shape index (κ2) is 10.9. The number of morpholine rings is 1. The van der Waals surface area contributed by atoms with Gasteiger partial charge in [0, 0.05) is 61.3 Å². The van der Waals surface area contributed by atoms with Crippen LogP contribution < -0.4 is 14.4 Å². The Hall–Kier alpha value is -3.14. The lowest BCUT2D eigenvalue weighted by molar-refractivity contribution is -0.136. The molecule has 3 heterocycles. The van der Waals surface area contributed by atoms with Crippen molar-refractivity contribution in [1.29, 1.82) is 0 Å². The van der Waals surface area contributed by atoms with Gasteiger partial charge in [0.15, 0.2) is 17.3 Å². The zero-order chi connectivity index (χ0) is 25.1. The van der Waals surface area contributed by atoms with Gasteiger partial charge >= 0.3 is 0 Å². The predicted molar refractivity (Wildman–Crippen MR) is 139 cm³/mol. The van der Waals surface area contributed by atoms with E-state index < -0.39 is 0 Å². The molecule has 2 saturated heterocycles. The van der Waals surface area contributed by atoms with E-state index in [0.717, 1.165) is 48.5 Å². The van der Waals surface area contributed by atoms with Crippen molar-refractivity contribution in [3.8, 4) is 22.9 Å². The molecule has 0 radical (unpaired) electrons. The Morgan fingerprint density at radius 2 is 1.61 bits per heavy atom. The molecule has 0 saturated carbocycles. The van der Waals surface area contributed by atoms with Gasteiger partial charge in [0.25, 0.3) is 0 Å². The first kappa shape index (κ1) is 24.5. The second-order valence-electron chi connectivity index (χ2n) is 8.86. The number of nitrogens with zero attached hydrogens (tertiary/aromatic N) is 5. The highest BCUT2D eigenvalue weighted by atomic mass is 35.5. The highest BCUT2D eigenvalue weighted by Crippen LogP contribution is 2.36. The number of hydrogen-bond donors (Lipinski definition) is 0. The van der Waals surface area contributed by atoms with Gasteiger partial charge in [-0.05, 0) is 30.3 Å². The quantitative estimate of drug-likeness (QED) is 0.500. The number of piperazine rings is 1. The molecule has 1 aromatic heterocycles. The molecule has 10 heteroatoms. The van der Waals surface area contributed by atoms with Crippen LogP contribution in [0, 0.1) is 0 Å². The standard InChI is InChI=1S/C26H30ClN5O4/c1-34-22-15-20-21(16-23(22)35-2)28-25(18-3-5-19(27)6-4-18)29-26(20)32-9-7-30(8-10-32)17-24(33)31-11-13-36-14-12-31/h3-6,15-16H,7-14,17H2,1-2H3. The average Bonchev–Trinajstić information content (AvgIpc) is 2.93. The Kier molecular flexibility index (Phi) is 7.41. The summed E-state index contributed by atoms with van der Waals surface area (Å²) in [7, 11) is 3.24. The third-order valence-electron chi connectivity index (χ3n) is 6.68. The van der Waals surface area contributed by atoms with Gasteiger partial charge in [0.1, 0.15) is 5.82 Å². The van der Waals surface area contributed by atoms with Crippen molar-refractivity contribution in [3.05, 3.63) is 41.4 Å². The van der Waals surface area contributed by atoms with Crippen LogP contribution in [0.2, 0.25) is 5.02 Å². The minimum Gasteiger partial charge on any atom is -0.493 e. The number of hydrogen-bond acceptors (Lipinski definition) is 8. The summed E-state index contributed by atoms with van der Waals surface area (Å²) < 4.78 is 16.5. The first-order chi connectivity index (χ1) is 17.6. The average molecular weight is 512 g/mol. The molecule has 0 unspecified atom stereocenters. The molecule has 0 atom stereocenters. The third-order valence-corrected chi connectivity index (χ3v) is 6.93. The Morgan fingerprint density at radius 3 is 2.28 bits per heavy atom. The van der Waals surface area contributed by atoms with Crippen LogP contribution in [0.3, 0.4) is 0 Å². The molecule has 36 heavy (non-hydrogen) atoms. The minimum atomic E-state index is 0.168. The fraction of sp³-hybridized carbons (Fsp3) is 0.423. The van der Waals surface area contributed by atoms with E-state index in [1.807, 2.05) is 41.3 Å². The van der Waals surface area contributed by atoms with Crippen LogP contribution in [0.25, 0.3) is 22.3 Å². The lowest BCUT2D eigenvalue weighted by Gasteiger charge is -2.37. The molecule has 9 nitrogen and oxygen atoms in total. The Balaban J connectivity index is 1.42. The first-order valence-electron chi connectivity index (χ1n) is 12.1. The van der Waals surface area contributed by atoms with Crippen LogP contribution in [0.15, 0.2) is 36.4 Å². The topological polar surface area (TPSA) is 80.3 Å². The van der Waals surface area contributed by atoms with Crippen LogP contribution in [-0.4, -0.2) is 98.9 Å². The van der Waals surface area contributed by atoms with Crippen molar-refractivity contribution >= 4 is 34.2 Å². The van der Waals surface area contributed by atoms with Crippen LogP contribution >= 0.6 is 11.6 Å². The largest absolute Gasteiger partial charge is 0.493 e. The summed E-state index contributed by atoms with van der Waals surface area (Å²) in [5, 5.41) is 1.55. The number of carbonyl (C=O) groups excluding carboxylic acids is 1. The number of aromatic nitrogens is 2. The Bertz CT molecular complexity index is 1230. The molecule has 0 N–H and O–H groups in total. The zero-order valence-electron chi connectivity index (χ0n) is 20.6. The first-order valence-corrected chi connectivity index (χ1v) is 12.5. The maximum atomic E-state index is 12.7. The van der Waals surface area contributed by atoms with Gasteiger partial charge in [-0.25, -0.2) is 9.97 Å². The molecule has 2 aromatic carbocycles. The van der Waals surface area contributed by atoms with Gasteiger partial charge < -0.3 is 24.0 Å². The summed E-state index contributed by atoms with van der Waals surface area (Å²) in [5.74, 6) is 2.87. The molecule has 190 valence electrons. The number of ether oxygens (including phenoxy) is 3. The van der Waals surface area contributed by atoms with Gasteiger partial charge in [0.05, 0.1) is 39.5 Å². The van der Waals surface area contributed by atoms with Crippen molar-refractivity contribution in [2.24, 2.45) is 0 Å². The van der Waals surface area contributed by atoms with Gasteiger partial charge in [-0.1, -0.05) is 11.6 Å². The smallest absolute Gasteiger partial charge is 0.236 e. The van der Waals surface area contributed by atoms with Crippen molar-refractivity contribution in [2.75, 3.05) is 78.1 Å². The fourth-order valence-corrected chi connectivity index (χ4v) is 4.76. The highest BCUT2D eigenvalue weighted by Gasteiger charge is 2.25. The van der Waals surface area contributed by atoms with Gasteiger partial charge in [0.2, 0.25) is 5.91 Å². The molecule has 1 amide bonds. The van der Waals surface area contributed by atoms with E-state index in [0.29, 0.717) is 55.2 Å². The van der Waals surface area contributed by atoms with Gasteiger partial charge in [-0.3, -0.25) is 9.69 Å². The van der Waals surface area contributed by atoms with Gasteiger partial charge in [-0.2, -0.15) is 0 Å². The van der Waals surface area contributed by atoms with Crippen LogP contribution in [0.1, 0.15) is 0 Å². The SMILES string of the molecule is COc1cc2nc(-c3ccc(Cl)cc3)nc(N3CCN(CC(=O)N4CCOCC4)CC3)c2cc1OC. The van der Waals surface area contributed by atoms with E-state index >= 15 is 0 Å². The van der Waals surface area contributed by atoms with E-state index in [1.54, 1.807) is 14.2 Å². The maximum Gasteiger partial charge on any atom is 0.236 e. The molecule has 3 aromatic rings. The lowest BCUT2D eigenvalue weighted by Crippen LogP contribution is -2.51. The highest BCUT2D eigenvalue weighted by molar-refractivity contribution is 6.30. The zero-order valence-corrected chi connectivity index (χ0v) is 21.3. The summed E-state index contributed by atoms with van der Waals surface area (Å²) in [6.07, 6.45) is 0.